The maximum atomic E-state index is 3.90. The number of nitrogens with one attached hydrogen (secondary N) is 1. The van der Waals surface area contributed by atoms with Gasteiger partial charge in [-0.25, -0.2) is 0 Å². The Hall–Kier alpha value is -1.91. The largest absolute Gasteiger partial charge is 0.361 e. The molecule has 0 aliphatic heterocycles. The van der Waals surface area contributed by atoms with Gasteiger partial charge in [0, 0.05) is 17.8 Å². The van der Waals surface area contributed by atoms with Crippen LogP contribution in [0.1, 0.15) is 0 Å². The SMILES string of the molecule is c1cc2c(ccn3nnnc23)[nH]1. The molecule has 5 heteroatoms. The number of aromatic nitrogens is 5. The quantitative estimate of drug-likeness (QED) is 0.522. The predicted molar refractivity (Wildman–Crippen MR) is 42.6 cm³/mol. The van der Waals surface area contributed by atoms with Crippen LogP contribution < -0.4 is 0 Å². The van der Waals surface area contributed by atoms with Gasteiger partial charge in [-0.05, 0) is 22.6 Å². The van der Waals surface area contributed by atoms with Crippen molar-refractivity contribution in [2.24, 2.45) is 0 Å². The van der Waals surface area contributed by atoms with Crippen LogP contribution in [0.25, 0.3) is 16.6 Å². The Bertz CT molecular complexity index is 485. The number of pyridine rings is 1. The number of hydrogen-bond acceptors (Lipinski definition) is 3. The molecule has 5 nitrogen and oxygen atoms in total. The summed E-state index contributed by atoms with van der Waals surface area (Å²) in [6, 6.07) is 3.90. The van der Waals surface area contributed by atoms with Gasteiger partial charge in [-0.3, -0.25) is 0 Å². The first-order valence-corrected chi connectivity index (χ1v) is 3.59. The number of nitrogens with zero attached hydrogens (tertiary/aromatic N) is 4. The topological polar surface area (TPSA) is 58.9 Å². The van der Waals surface area contributed by atoms with Crippen LogP contribution >= 0.6 is 0 Å². The van der Waals surface area contributed by atoms with Crippen LogP contribution in [-0.4, -0.2) is 25.0 Å². The molecular weight excluding hydrogens is 154 g/mol. The average molecular weight is 159 g/mol. The molecule has 0 aliphatic carbocycles. The van der Waals surface area contributed by atoms with Gasteiger partial charge in [0.25, 0.3) is 0 Å². The van der Waals surface area contributed by atoms with E-state index in [1.54, 1.807) is 4.52 Å². The van der Waals surface area contributed by atoms with Gasteiger partial charge in [-0.2, -0.15) is 4.52 Å². The Balaban J connectivity index is 2.71. The fourth-order valence-electron chi connectivity index (χ4n) is 1.33. The number of H-pyrrole nitrogens is 1. The van der Waals surface area contributed by atoms with Crippen LogP contribution in [0.3, 0.4) is 0 Å². The zero-order valence-electron chi connectivity index (χ0n) is 6.10. The lowest BCUT2D eigenvalue weighted by molar-refractivity contribution is 0.824. The van der Waals surface area contributed by atoms with Gasteiger partial charge in [0.15, 0.2) is 5.65 Å². The molecule has 0 aromatic carbocycles. The van der Waals surface area contributed by atoms with E-state index in [9.17, 15) is 0 Å². The van der Waals surface area contributed by atoms with E-state index in [-0.39, 0.29) is 0 Å². The van der Waals surface area contributed by atoms with Crippen molar-refractivity contribution in [3.05, 3.63) is 24.5 Å². The normalized spacial score (nSPS) is 11.3. The zero-order valence-corrected chi connectivity index (χ0v) is 6.10. The molecular formula is C7H5N5. The van der Waals surface area contributed by atoms with Crippen molar-refractivity contribution in [3.63, 3.8) is 0 Å². The van der Waals surface area contributed by atoms with Gasteiger partial charge < -0.3 is 4.98 Å². The summed E-state index contributed by atoms with van der Waals surface area (Å²) in [6.07, 6.45) is 3.70. The Labute approximate surface area is 67.0 Å². The molecule has 1 N–H and O–H groups in total. The predicted octanol–water partition coefficient (Wildman–Crippen LogP) is 0.606. The van der Waals surface area contributed by atoms with Crippen molar-refractivity contribution in [2.75, 3.05) is 0 Å². The van der Waals surface area contributed by atoms with Crippen LogP contribution in [0.5, 0.6) is 0 Å². The highest BCUT2D eigenvalue weighted by Crippen LogP contribution is 2.14. The van der Waals surface area contributed by atoms with E-state index >= 15 is 0 Å². The van der Waals surface area contributed by atoms with E-state index in [1.807, 2.05) is 24.5 Å². The molecule has 3 rings (SSSR count). The van der Waals surface area contributed by atoms with Crippen molar-refractivity contribution in [1.82, 2.24) is 25.0 Å². The summed E-state index contributed by atoms with van der Waals surface area (Å²) in [4.78, 5) is 3.09. The molecule has 3 aromatic rings. The molecule has 0 radical (unpaired) electrons. The standard InChI is InChI=1S/C7H5N5/c1-3-8-6-2-4-12-7(5(1)6)9-10-11-12/h1-4,8H. The van der Waals surface area contributed by atoms with Gasteiger partial charge >= 0.3 is 0 Å². The minimum atomic E-state index is 0.786. The Morgan fingerprint density at radius 3 is 3.33 bits per heavy atom. The molecule has 3 heterocycles. The van der Waals surface area contributed by atoms with Crippen molar-refractivity contribution >= 4 is 16.6 Å². The first-order valence-electron chi connectivity index (χ1n) is 3.59. The summed E-state index contributed by atoms with van der Waals surface area (Å²) in [5.74, 6) is 0. The minimum absolute atomic E-state index is 0.786. The molecule has 0 saturated carbocycles. The van der Waals surface area contributed by atoms with Gasteiger partial charge in [0.2, 0.25) is 0 Å². The second kappa shape index (κ2) is 1.82. The Kier molecular flexibility index (Phi) is 0.864. The number of hydrogen-bond donors (Lipinski definition) is 1. The number of tetrazole rings is 1. The van der Waals surface area contributed by atoms with Crippen LogP contribution in [0.15, 0.2) is 24.5 Å². The molecule has 0 spiro atoms. The van der Waals surface area contributed by atoms with E-state index in [1.165, 1.54) is 0 Å². The molecule has 0 unspecified atom stereocenters. The first-order chi connectivity index (χ1) is 5.95. The Morgan fingerprint density at radius 1 is 1.33 bits per heavy atom. The van der Waals surface area contributed by atoms with Crippen LogP contribution in [0.4, 0.5) is 0 Å². The summed E-state index contributed by atoms with van der Waals surface area (Å²) in [7, 11) is 0. The van der Waals surface area contributed by atoms with Crippen molar-refractivity contribution in [2.45, 2.75) is 0 Å². The van der Waals surface area contributed by atoms with Crippen molar-refractivity contribution in [1.29, 1.82) is 0 Å². The summed E-state index contributed by atoms with van der Waals surface area (Å²) >= 11 is 0. The molecule has 0 amide bonds. The van der Waals surface area contributed by atoms with Gasteiger partial charge in [-0.1, -0.05) is 0 Å². The van der Waals surface area contributed by atoms with Crippen LogP contribution in [0, 0.1) is 0 Å². The third-order valence-electron chi connectivity index (χ3n) is 1.90. The zero-order chi connectivity index (χ0) is 7.97. The highest BCUT2D eigenvalue weighted by molar-refractivity contribution is 5.91. The molecule has 3 aromatic heterocycles. The van der Waals surface area contributed by atoms with Gasteiger partial charge in [-0.15, -0.1) is 5.10 Å². The lowest BCUT2D eigenvalue weighted by Gasteiger charge is -1.89. The molecule has 58 valence electrons. The summed E-state index contributed by atoms with van der Waals surface area (Å²) in [5.41, 5.74) is 1.84. The molecule has 0 atom stereocenters. The fourth-order valence-corrected chi connectivity index (χ4v) is 1.33. The summed E-state index contributed by atoms with van der Waals surface area (Å²) in [6.45, 7) is 0. The fraction of sp³-hybridized carbons (Fsp3) is 0. The molecule has 0 saturated heterocycles. The highest BCUT2D eigenvalue weighted by Gasteiger charge is 2.02. The average Bonchev–Trinajstić information content (AvgIpc) is 2.71. The Morgan fingerprint density at radius 2 is 2.33 bits per heavy atom. The maximum Gasteiger partial charge on any atom is 0.188 e. The highest BCUT2D eigenvalue weighted by atomic mass is 15.5. The molecule has 0 aliphatic rings. The smallest absolute Gasteiger partial charge is 0.188 e. The third kappa shape index (κ3) is 0.554. The van der Waals surface area contributed by atoms with E-state index in [0.717, 1.165) is 16.6 Å². The lowest BCUT2D eigenvalue weighted by atomic mass is 10.3. The van der Waals surface area contributed by atoms with Crippen LogP contribution in [0.2, 0.25) is 0 Å². The third-order valence-corrected chi connectivity index (χ3v) is 1.90. The molecule has 0 bridgehead atoms. The van der Waals surface area contributed by atoms with Gasteiger partial charge in [0.1, 0.15) is 0 Å². The second-order valence-electron chi connectivity index (χ2n) is 2.57. The maximum absolute atomic E-state index is 3.90. The minimum Gasteiger partial charge on any atom is -0.361 e. The number of fused-ring (bicyclic) bond motifs is 3. The van der Waals surface area contributed by atoms with Gasteiger partial charge in [0.05, 0.1) is 5.52 Å². The number of rotatable bonds is 0. The second-order valence-corrected chi connectivity index (χ2v) is 2.57. The lowest BCUT2D eigenvalue weighted by Crippen LogP contribution is -1.85. The van der Waals surface area contributed by atoms with Crippen LogP contribution in [-0.2, 0) is 0 Å². The van der Waals surface area contributed by atoms with E-state index < -0.39 is 0 Å². The van der Waals surface area contributed by atoms with E-state index in [0.29, 0.717) is 0 Å². The molecule has 12 heavy (non-hydrogen) atoms. The van der Waals surface area contributed by atoms with Crippen molar-refractivity contribution in [3.8, 4) is 0 Å². The van der Waals surface area contributed by atoms with E-state index in [2.05, 4.69) is 20.5 Å². The monoisotopic (exact) mass is 159 g/mol. The number of aromatic amines is 1. The molecule has 0 fully saturated rings. The van der Waals surface area contributed by atoms with Crippen molar-refractivity contribution < 1.29 is 0 Å². The van der Waals surface area contributed by atoms with E-state index in [4.69, 9.17) is 0 Å². The summed E-state index contributed by atoms with van der Waals surface area (Å²) < 4.78 is 1.65. The first kappa shape index (κ1) is 5.70. The summed E-state index contributed by atoms with van der Waals surface area (Å²) in [5, 5.41) is 12.3.